The molecule has 1 atom stereocenters. The van der Waals surface area contributed by atoms with Gasteiger partial charge in [0, 0.05) is 11.8 Å². The van der Waals surface area contributed by atoms with Crippen LogP contribution in [0.3, 0.4) is 0 Å². The Hall–Kier alpha value is -2.49. The fourth-order valence-electron chi connectivity index (χ4n) is 2.59. The second kappa shape index (κ2) is 11.2. The first-order valence-electron chi connectivity index (χ1n) is 9.48. The van der Waals surface area contributed by atoms with Gasteiger partial charge in [-0.05, 0) is 37.1 Å². The molecule has 0 aliphatic carbocycles. The largest absolute Gasteiger partial charge is 0.494 e. The number of carbonyl (C=O) groups excluding carboxylic acids is 1. The molecule has 26 heavy (non-hydrogen) atoms. The lowest BCUT2D eigenvalue weighted by molar-refractivity contribution is -0.122. The summed E-state index contributed by atoms with van der Waals surface area (Å²) in [6.07, 6.45) is 4.74. The zero-order chi connectivity index (χ0) is 18.6. The van der Waals surface area contributed by atoms with Crippen LogP contribution >= 0.6 is 0 Å². The Labute approximate surface area is 156 Å². The molecule has 140 valence electrons. The van der Waals surface area contributed by atoms with E-state index < -0.39 is 6.10 Å². The summed E-state index contributed by atoms with van der Waals surface area (Å²) in [5, 5.41) is 2.92. The quantitative estimate of drug-likeness (QED) is 0.546. The highest BCUT2D eigenvalue weighted by Crippen LogP contribution is 2.19. The van der Waals surface area contributed by atoms with Gasteiger partial charge in [0.2, 0.25) is 0 Å². The lowest BCUT2D eigenvalue weighted by atomic mass is 10.2. The van der Waals surface area contributed by atoms with Crippen molar-refractivity contribution in [2.45, 2.75) is 52.1 Å². The van der Waals surface area contributed by atoms with Crippen molar-refractivity contribution >= 4 is 11.6 Å². The predicted molar refractivity (Wildman–Crippen MR) is 106 cm³/mol. The topological polar surface area (TPSA) is 47.6 Å². The van der Waals surface area contributed by atoms with Crippen molar-refractivity contribution in [1.29, 1.82) is 0 Å². The van der Waals surface area contributed by atoms with E-state index in [1.54, 1.807) is 0 Å². The van der Waals surface area contributed by atoms with Gasteiger partial charge in [-0.3, -0.25) is 4.79 Å². The summed E-state index contributed by atoms with van der Waals surface area (Å²) in [5.74, 6) is 1.31. The molecule has 0 saturated heterocycles. The van der Waals surface area contributed by atoms with E-state index >= 15 is 0 Å². The summed E-state index contributed by atoms with van der Waals surface area (Å²) in [6.45, 7) is 4.83. The summed E-state index contributed by atoms with van der Waals surface area (Å²) in [7, 11) is 0. The molecular weight excluding hydrogens is 326 g/mol. The minimum absolute atomic E-state index is 0.156. The summed E-state index contributed by atoms with van der Waals surface area (Å²) in [6, 6.07) is 16.9. The molecule has 2 aromatic carbocycles. The minimum atomic E-state index is -0.531. The third kappa shape index (κ3) is 6.79. The first kappa shape index (κ1) is 19.8. The third-order valence-corrected chi connectivity index (χ3v) is 4.05. The third-order valence-electron chi connectivity index (χ3n) is 4.05. The van der Waals surface area contributed by atoms with Crippen molar-refractivity contribution in [3.8, 4) is 11.5 Å². The molecule has 0 aliphatic heterocycles. The van der Waals surface area contributed by atoms with Gasteiger partial charge in [0.1, 0.15) is 11.5 Å². The monoisotopic (exact) mass is 355 g/mol. The highest BCUT2D eigenvalue weighted by Gasteiger charge is 2.18. The Bertz CT molecular complexity index is 657. The van der Waals surface area contributed by atoms with Crippen molar-refractivity contribution in [1.82, 2.24) is 0 Å². The molecule has 2 rings (SSSR count). The number of hydrogen-bond acceptors (Lipinski definition) is 3. The number of unbranched alkanes of at least 4 members (excludes halogenated alkanes) is 3. The normalized spacial score (nSPS) is 11.6. The molecule has 0 heterocycles. The molecule has 4 heteroatoms. The molecule has 0 saturated carbocycles. The van der Waals surface area contributed by atoms with Gasteiger partial charge in [-0.25, -0.2) is 0 Å². The first-order valence-corrected chi connectivity index (χ1v) is 9.48. The van der Waals surface area contributed by atoms with Crippen molar-refractivity contribution in [2.24, 2.45) is 0 Å². The van der Waals surface area contributed by atoms with Crippen LogP contribution in [0.2, 0.25) is 0 Å². The molecule has 0 radical (unpaired) electrons. The van der Waals surface area contributed by atoms with Crippen LogP contribution in [-0.4, -0.2) is 18.6 Å². The Balaban J connectivity index is 1.87. The first-order chi connectivity index (χ1) is 12.7. The zero-order valence-corrected chi connectivity index (χ0v) is 15.7. The molecule has 0 aliphatic rings. The molecule has 0 bridgehead atoms. The summed E-state index contributed by atoms with van der Waals surface area (Å²) < 4.78 is 11.6. The summed E-state index contributed by atoms with van der Waals surface area (Å²) in [4.78, 5) is 12.5. The van der Waals surface area contributed by atoms with Crippen LogP contribution in [0, 0.1) is 0 Å². The number of amides is 1. The zero-order valence-electron chi connectivity index (χ0n) is 15.7. The fourth-order valence-corrected chi connectivity index (χ4v) is 2.59. The Kier molecular flexibility index (Phi) is 8.53. The second-order valence-electron chi connectivity index (χ2n) is 6.25. The van der Waals surface area contributed by atoms with E-state index in [9.17, 15) is 4.79 Å². The van der Waals surface area contributed by atoms with Gasteiger partial charge >= 0.3 is 0 Å². The standard InChI is InChI=1S/C22H29NO3/c1-3-5-6-10-16-25-20-15-11-12-18(17-20)23-22(24)21(4-2)26-19-13-8-7-9-14-19/h7-9,11-15,17,21H,3-6,10,16H2,1-2H3,(H,23,24). The van der Waals surface area contributed by atoms with Gasteiger partial charge in [-0.15, -0.1) is 0 Å². The van der Waals surface area contributed by atoms with E-state index in [0.717, 1.165) is 17.9 Å². The van der Waals surface area contributed by atoms with Crippen LogP contribution < -0.4 is 14.8 Å². The number of para-hydroxylation sites is 1. The fraction of sp³-hybridized carbons (Fsp3) is 0.409. The molecule has 1 amide bonds. The molecular formula is C22H29NO3. The van der Waals surface area contributed by atoms with E-state index in [2.05, 4.69) is 12.2 Å². The van der Waals surface area contributed by atoms with Crippen molar-refractivity contribution < 1.29 is 14.3 Å². The van der Waals surface area contributed by atoms with Gasteiger partial charge in [0.15, 0.2) is 6.10 Å². The average Bonchev–Trinajstić information content (AvgIpc) is 2.67. The summed E-state index contributed by atoms with van der Waals surface area (Å²) in [5.41, 5.74) is 0.719. The predicted octanol–water partition coefficient (Wildman–Crippen LogP) is 5.44. The molecule has 0 fully saturated rings. The van der Waals surface area contributed by atoms with Gasteiger partial charge in [-0.1, -0.05) is 57.4 Å². The smallest absolute Gasteiger partial charge is 0.265 e. The van der Waals surface area contributed by atoms with E-state index in [1.807, 2.05) is 61.5 Å². The van der Waals surface area contributed by atoms with Crippen LogP contribution in [0.25, 0.3) is 0 Å². The highest BCUT2D eigenvalue weighted by molar-refractivity contribution is 5.94. The van der Waals surface area contributed by atoms with Gasteiger partial charge in [-0.2, -0.15) is 0 Å². The lowest BCUT2D eigenvalue weighted by Gasteiger charge is -2.17. The number of hydrogen-bond donors (Lipinski definition) is 1. The van der Waals surface area contributed by atoms with Crippen molar-refractivity contribution in [2.75, 3.05) is 11.9 Å². The number of carbonyl (C=O) groups is 1. The van der Waals surface area contributed by atoms with Gasteiger partial charge < -0.3 is 14.8 Å². The van der Waals surface area contributed by atoms with Crippen LogP contribution in [0.15, 0.2) is 54.6 Å². The van der Waals surface area contributed by atoms with E-state index in [4.69, 9.17) is 9.47 Å². The molecule has 2 aromatic rings. The highest BCUT2D eigenvalue weighted by atomic mass is 16.5. The molecule has 1 unspecified atom stereocenters. The van der Waals surface area contributed by atoms with Gasteiger partial charge in [0.25, 0.3) is 5.91 Å². The SMILES string of the molecule is CCCCCCOc1cccc(NC(=O)C(CC)Oc2ccccc2)c1. The number of anilines is 1. The Morgan fingerprint density at radius 2 is 1.73 bits per heavy atom. The number of ether oxygens (including phenoxy) is 2. The lowest BCUT2D eigenvalue weighted by Crippen LogP contribution is -2.32. The van der Waals surface area contributed by atoms with Crippen LogP contribution in [0.4, 0.5) is 5.69 Å². The van der Waals surface area contributed by atoms with Crippen LogP contribution in [0.5, 0.6) is 11.5 Å². The van der Waals surface area contributed by atoms with E-state index in [1.165, 1.54) is 19.3 Å². The minimum Gasteiger partial charge on any atom is -0.494 e. The van der Waals surface area contributed by atoms with Crippen molar-refractivity contribution in [3.05, 3.63) is 54.6 Å². The maximum Gasteiger partial charge on any atom is 0.265 e. The maximum atomic E-state index is 12.5. The number of benzene rings is 2. The van der Waals surface area contributed by atoms with E-state index in [0.29, 0.717) is 18.8 Å². The van der Waals surface area contributed by atoms with E-state index in [-0.39, 0.29) is 5.91 Å². The molecule has 0 aromatic heterocycles. The van der Waals surface area contributed by atoms with Crippen LogP contribution in [0.1, 0.15) is 46.0 Å². The number of nitrogens with one attached hydrogen (secondary N) is 1. The molecule has 1 N–H and O–H groups in total. The average molecular weight is 355 g/mol. The van der Waals surface area contributed by atoms with Crippen molar-refractivity contribution in [3.63, 3.8) is 0 Å². The number of rotatable bonds is 11. The Morgan fingerprint density at radius 3 is 2.46 bits per heavy atom. The Morgan fingerprint density at radius 1 is 0.962 bits per heavy atom. The molecule has 4 nitrogen and oxygen atoms in total. The van der Waals surface area contributed by atoms with Gasteiger partial charge in [0.05, 0.1) is 6.61 Å². The van der Waals surface area contributed by atoms with Crippen LogP contribution in [-0.2, 0) is 4.79 Å². The second-order valence-corrected chi connectivity index (χ2v) is 6.25. The maximum absolute atomic E-state index is 12.5. The molecule has 0 spiro atoms. The summed E-state index contributed by atoms with van der Waals surface area (Å²) >= 11 is 0.